The fourth-order valence-corrected chi connectivity index (χ4v) is 4.05. The maximum absolute atomic E-state index is 4.64. The Hall–Kier alpha value is -1.65. The summed E-state index contributed by atoms with van der Waals surface area (Å²) >= 11 is 1.89. The van der Waals surface area contributed by atoms with Crippen molar-refractivity contribution in [1.82, 2.24) is 14.3 Å². The SMILES string of the molecule is CCCc1ccsc1CCc1nccn2c(CN(C)C)ccc12. The Morgan fingerprint density at radius 3 is 2.78 bits per heavy atom. The molecule has 3 aromatic heterocycles. The number of aromatic nitrogens is 2. The van der Waals surface area contributed by atoms with Crippen molar-refractivity contribution in [2.24, 2.45) is 0 Å². The van der Waals surface area contributed by atoms with E-state index in [1.54, 1.807) is 0 Å². The highest BCUT2D eigenvalue weighted by Gasteiger charge is 2.10. The minimum atomic E-state index is 0.948. The lowest BCUT2D eigenvalue weighted by Gasteiger charge is -2.10. The van der Waals surface area contributed by atoms with E-state index in [-0.39, 0.29) is 0 Å². The van der Waals surface area contributed by atoms with Crippen molar-refractivity contribution in [2.45, 2.75) is 39.2 Å². The zero-order valence-corrected chi connectivity index (χ0v) is 15.1. The molecule has 0 spiro atoms. The molecule has 0 aliphatic rings. The Balaban J connectivity index is 1.80. The van der Waals surface area contributed by atoms with Gasteiger partial charge in [-0.15, -0.1) is 11.3 Å². The van der Waals surface area contributed by atoms with Crippen LogP contribution in [0.15, 0.2) is 36.0 Å². The smallest absolute Gasteiger partial charge is 0.0669 e. The van der Waals surface area contributed by atoms with Gasteiger partial charge in [0.1, 0.15) is 0 Å². The molecule has 0 N–H and O–H groups in total. The normalized spacial score (nSPS) is 11.7. The Morgan fingerprint density at radius 1 is 1.13 bits per heavy atom. The van der Waals surface area contributed by atoms with Crippen LogP contribution >= 0.6 is 11.3 Å². The Labute approximate surface area is 142 Å². The predicted octanol–water partition coefficient (Wildman–Crippen LogP) is 4.20. The van der Waals surface area contributed by atoms with Crippen LogP contribution in [0.4, 0.5) is 0 Å². The lowest BCUT2D eigenvalue weighted by atomic mass is 10.1. The Morgan fingerprint density at radius 2 is 2.00 bits per heavy atom. The number of aryl methyl sites for hydroxylation is 3. The molecule has 0 fully saturated rings. The number of rotatable bonds is 7. The molecule has 0 saturated carbocycles. The second kappa shape index (κ2) is 7.28. The van der Waals surface area contributed by atoms with Crippen LogP contribution < -0.4 is 0 Å². The van der Waals surface area contributed by atoms with Crippen LogP contribution in [0, 0.1) is 0 Å². The van der Waals surface area contributed by atoms with E-state index >= 15 is 0 Å². The summed E-state index contributed by atoms with van der Waals surface area (Å²) < 4.78 is 2.28. The molecular formula is C19H25N3S. The predicted molar refractivity (Wildman–Crippen MR) is 98.3 cm³/mol. The van der Waals surface area contributed by atoms with E-state index in [9.17, 15) is 0 Å². The van der Waals surface area contributed by atoms with Gasteiger partial charge >= 0.3 is 0 Å². The van der Waals surface area contributed by atoms with Crippen LogP contribution in [0.5, 0.6) is 0 Å². The highest BCUT2D eigenvalue weighted by molar-refractivity contribution is 7.10. The van der Waals surface area contributed by atoms with Crippen molar-refractivity contribution in [3.8, 4) is 0 Å². The molecule has 4 heteroatoms. The van der Waals surface area contributed by atoms with Gasteiger partial charge in [0.2, 0.25) is 0 Å². The first-order chi connectivity index (χ1) is 11.2. The number of hydrogen-bond donors (Lipinski definition) is 0. The van der Waals surface area contributed by atoms with Crippen LogP contribution in [0.3, 0.4) is 0 Å². The second-order valence-corrected chi connectivity index (χ2v) is 7.31. The van der Waals surface area contributed by atoms with Gasteiger partial charge in [-0.3, -0.25) is 4.98 Å². The molecule has 0 atom stereocenters. The monoisotopic (exact) mass is 327 g/mol. The van der Waals surface area contributed by atoms with E-state index < -0.39 is 0 Å². The van der Waals surface area contributed by atoms with Gasteiger partial charge in [0.05, 0.1) is 11.2 Å². The van der Waals surface area contributed by atoms with Gasteiger partial charge in [0.25, 0.3) is 0 Å². The first-order valence-corrected chi connectivity index (χ1v) is 9.20. The maximum Gasteiger partial charge on any atom is 0.0669 e. The van der Waals surface area contributed by atoms with Gasteiger partial charge in [-0.25, -0.2) is 0 Å². The minimum absolute atomic E-state index is 0.948. The lowest BCUT2D eigenvalue weighted by molar-refractivity contribution is 0.395. The van der Waals surface area contributed by atoms with Crippen molar-refractivity contribution in [3.63, 3.8) is 0 Å². The van der Waals surface area contributed by atoms with Gasteiger partial charge < -0.3 is 9.30 Å². The molecule has 3 heterocycles. The fraction of sp³-hybridized carbons (Fsp3) is 0.421. The van der Waals surface area contributed by atoms with E-state index in [2.05, 4.69) is 65.1 Å². The van der Waals surface area contributed by atoms with Crippen LogP contribution in [0.25, 0.3) is 5.52 Å². The van der Waals surface area contributed by atoms with Crippen molar-refractivity contribution in [2.75, 3.05) is 14.1 Å². The van der Waals surface area contributed by atoms with Crippen molar-refractivity contribution >= 4 is 16.9 Å². The summed E-state index contributed by atoms with van der Waals surface area (Å²) in [6, 6.07) is 6.71. The van der Waals surface area contributed by atoms with E-state index in [1.807, 2.05) is 17.5 Å². The average molecular weight is 327 g/mol. The lowest BCUT2D eigenvalue weighted by Crippen LogP contribution is -2.12. The average Bonchev–Trinajstić information content (AvgIpc) is 3.13. The van der Waals surface area contributed by atoms with E-state index in [4.69, 9.17) is 0 Å². The van der Waals surface area contributed by atoms with Crippen molar-refractivity contribution < 1.29 is 0 Å². The first kappa shape index (κ1) is 16.2. The Bertz CT molecular complexity index is 770. The number of hydrogen-bond acceptors (Lipinski definition) is 3. The standard InChI is InChI=1S/C19H25N3S/c1-4-5-15-10-13-23-19(15)9-7-17-18-8-6-16(14-21(2)3)22(18)12-11-20-17/h6,8,10-13H,4-5,7,9,14H2,1-3H3. The van der Waals surface area contributed by atoms with Gasteiger partial charge in [0.15, 0.2) is 0 Å². The second-order valence-electron chi connectivity index (χ2n) is 6.31. The summed E-state index contributed by atoms with van der Waals surface area (Å²) in [7, 11) is 4.21. The molecule has 0 saturated heterocycles. The highest BCUT2D eigenvalue weighted by atomic mass is 32.1. The number of fused-ring (bicyclic) bond motifs is 1. The van der Waals surface area contributed by atoms with Crippen LogP contribution in [0.2, 0.25) is 0 Å². The Kier molecular flexibility index (Phi) is 5.13. The fourth-order valence-electron chi connectivity index (χ4n) is 3.11. The molecule has 0 aliphatic carbocycles. The molecule has 122 valence electrons. The topological polar surface area (TPSA) is 20.5 Å². The molecular weight excluding hydrogens is 302 g/mol. The third-order valence-corrected chi connectivity index (χ3v) is 5.19. The zero-order valence-electron chi connectivity index (χ0n) is 14.2. The molecule has 0 radical (unpaired) electrons. The van der Waals surface area contributed by atoms with E-state index in [1.165, 1.54) is 40.2 Å². The van der Waals surface area contributed by atoms with Crippen molar-refractivity contribution in [3.05, 3.63) is 57.8 Å². The molecule has 0 unspecified atom stereocenters. The molecule has 3 rings (SSSR count). The van der Waals surface area contributed by atoms with Gasteiger partial charge in [-0.05, 0) is 62.5 Å². The molecule has 0 aliphatic heterocycles. The van der Waals surface area contributed by atoms with E-state index in [0.717, 1.165) is 19.4 Å². The maximum atomic E-state index is 4.64. The summed E-state index contributed by atoms with van der Waals surface area (Å²) in [5.74, 6) is 0. The molecule has 0 aromatic carbocycles. The summed E-state index contributed by atoms with van der Waals surface area (Å²) in [4.78, 5) is 8.37. The molecule has 0 amide bonds. The summed E-state index contributed by atoms with van der Waals surface area (Å²) in [6.45, 7) is 3.19. The van der Waals surface area contributed by atoms with Crippen LogP contribution in [0.1, 0.15) is 35.2 Å². The number of nitrogens with zero attached hydrogens (tertiary/aromatic N) is 3. The third-order valence-electron chi connectivity index (χ3n) is 4.17. The zero-order chi connectivity index (χ0) is 16.2. The minimum Gasteiger partial charge on any atom is -0.316 e. The van der Waals surface area contributed by atoms with Crippen LogP contribution in [-0.2, 0) is 25.8 Å². The first-order valence-electron chi connectivity index (χ1n) is 8.33. The number of thiophene rings is 1. The van der Waals surface area contributed by atoms with E-state index in [0.29, 0.717) is 0 Å². The van der Waals surface area contributed by atoms with Crippen LogP contribution in [-0.4, -0.2) is 28.4 Å². The van der Waals surface area contributed by atoms with Gasteiger partial charge in [-0.2, -0.15) is 0 Å². The largest absolute Gasteiger partial charge is 0.316 e. The molecule has 3 nitrogen and oxygen atoms in total. The third kappa shape index (κ3) is 3.65. The quantitative estimate of drug-likeness (QED) is 0.648. The molecule has 23 heavy (non-hydrogen) atoms. The summed E-state index contributed by atoms with van der Waals surface area (Å²) in [6.07, 6.45) is 8.51. The van der Waals surface area contributed by atoms with Gasteiger partial charge in [0, 0.05) is 29.5 Å². The molecule has 0 bridgehead atoms. The van der Waals surface area contributed by atoms with Gasteiger partial charge in [-0.1, -0.05) is 13.3 Å². The highest BCUT2D eigenvalue weighted by Crippen LogP contribution is 2.22. The summed E-state index contributed by atoms with van der Waals surface area (Å²) in [5, 5.41) is 2.22. The molecule has 3 aromatic rings. The summed E-state index contributed by atoms with van der Waals surface area (Å²) in [5.41, 5.74) is 5.29. The van der Waals surface area contributed by atoms with Crippen molar-refractivity contribution in [1.29, 1.82) is 0 Å².